The normalized spacial score (nSPS) is 19.4. The summed E-state index contributed by atoms with van der Waals surface area (Å²) in [6, 6.07) is 15.1. The zero-order valence-electron chi connectivity index (χ0n) is 18.8. The highest BCUT2D eigenvalue weighted by Gasteiger charge is 2.28. The predicted octanol–water partition coefficient (Wildman–Crippen LogP) is 6.21. The second-order valence-corrected chi connectivity index (χ2v) is 8.75. The Balaban J connectivity index is 1.21. The van der Waals surface area contributed by atoms with E-state index in [0.717, 1.165) is 47.9 Å². The quantitative estimate of drug-likeness (QED) is 0.380. The van der Waals surface area contributed by atoms with Crippen molar-refractivity contribution in [2.24, 2.45) is 5.92 Å². The maximum atomic E-state index is 13.8. The fourth-order valence-electron chi connectivity index (χ4n) is 4.87. The van der Waals surface area contributed by atoms with E-state index in [2.05, 4.69) is 27.4 Å². The molecule has 1 N–H and O–H groups in total. The zero-order valence-corrected chi connectivity index (χ0v) is 18.8. The van der Waals surface area contributed by atoms with Gasteiger partial charge in [0.15, 0.2) is 0 Å². The maximum Gasteiger partial charge on any atom is 0.315 e. The summed E-state index contributed by atoms with van der Waals surface area (Å²) in [6.07, 6.45) is 6.12. The smallest absolute Gasteiger partial charge is 0.315 e. The molecule has 7 heteroatoms. The lowest BCUT2D eigenvalue weighted by Crippen LogP contribution is -2.29. The van der Waals surface area contributed by atoms with Gasteiger partial charge in [0.05, 0.1) is 12.6 Å². The van der Waals surface area contributed by atoms with Gasteiger partial charge in [-0.05, 0) is 98.5 Å². The van der Waals surface area contributed by atoms with Gasteiger partial charge >= 0.3 is 6.01 Å². The lowest BCUT2D eigenvalue weighted by molar-refractivity contribution is 0.299. The van der Waals surface area contributed by atoms with Gasteiger partial charge in [-0.15, -0.1) is 5.10 Å². The summed E-state index contributed by atoms with van der Waals surface area (Å²) >= 11 is 0. The topological polar surface area (TPSA) is 73.1 Å². The van der Waals surface area contributed by atoms with Crippen molar-refractivity contribution < 1.29 is 13.5 Å². The molecule has 0 spiro atoms. The summed E-state index contributed by atoms with van der Waals surface area (Å²) in [6.45, 7) is 2.17. The lowest BCUT2D eigenvalue weighted by atomic mass is 9.75. The van der Waals surface area contributed by atoms with Crippen LogP contribution in [0.2, 0.25) is 0 Å². The highest BCUT2D eigenvalue weighted by atomic mass is 19.1. The highest BCUT2D eigenvalue weighted by molar-refractivity contribution is 5.82. The Morgan fingerprint density at radius 2 is 1.82 bits per heavy atom. The van der Waals surface area contributed by atoms with E-state index in [9.17, 15) is 4.39 Å². The minimum atomic E-state index is -0.211. The third kappa shape index (κ3) is 4.53. The van der Waals surface area contributed by atoms with E-state index in [1.54, 1.807) is 19.2 Å². The number of halogens is 1. The van der Waals surface area contributed by atoms with E-state index < -0.39 is 0 Å². The van der Waals surface area contributed by atoms with Gasteiger partial charge in [-0.2, -0.15) is 0 Å². The Labute approximate surface area is 192 Å². The Morgan fingerprint density at radius 3 is 2.58 bits per heavy atom. The number of benzene rings is 2. The number of nitrogens with zero attached hydrogens (tertiary/aromatic N) is 3. The van der Waals surface area contributed by atoms with Crippen molar-refractivity contribution in [2.45, 2.75) is 44.6 Å². The minimum Gasteiger partial charge on any atom is -0.497 e. The van der Waals surface area contributed by atoms with Gasteiger partial charge in [-0.1, -0.05) is 5.10 Å². The SMILES string of the molecule is COc1ccc(-c2nnc(N[C@H](C)[C@H]3CC[C@@H](c4ccnc5ccc(F)cc54)CC3)o2)cc1. The molecule has 0 amide bonds. The molecule has 1 aliphatic carbocycles. The minimum absolute atomic E-state index is 0.210. The van der Waals surface area contributed by atoms with Gasteiger partial charge in [0, 0.05) is 23.2 Å². The van der Waals surface area contributed by atoms with Crippen LogP contribution >= 0.6 is 0 Å². The second kappa shape index (κ2) is 9.17. The van der Waals surface area contributed by atoms with Crippen molar-refractivity contribution in [3.8, 4) is 17.2 Å². The van der Waals surface area contributed by atoms with Gasteiger partial charge in [0.2, 0.25) is 5.89 Å². The molecule has 2 aromatic heterocycles. The predicted molar refractivity (Wildman–Crippen MR) is 126 cm³/mol. The van der Waals surface area contributed by atoms with Crippen molar-refractivity contribution in [1.29, 1.82) is 0 Å². The van der Waals surface area contributed by atoms with Crippen molar-refractivity contribution in [3.63, 3.8) is 0 Å². The van der Waals surface area contributed by atoms with Crippen LogP contribution in [0.25, 0.3) is 22.4 Å². The molecule has 2 heterocycles. The molecule has 0 unspecified atom stereocenters. The van der Waals surface area contributed by atoms with Gasteiger partial charge in [-0.3, -0.25) is 4.98 Å². The number of methoxy groups -OCH3 is 1. The summed E-state index contributed by atoms with van der Waals surface area (Å²) in [7, 11) is 1.64. The van der Waals surface area contributed by atoms with Crippen LogP contribution in [0.1, 0.15) is 44.1 Å². The third-order valence-corrected chi connectivity index (χ3v) is 6.77. The molecule has 170 valence electrons. The number of ether oxygens (including phenoxy) is 1. The Morgan fingerprint density at radius 1 is 1.03 bits per heavy atom. The maximum absolute atomic E-state index is 13.8. The van der Waals surface area contributed by atoms with Gasteiger partial charge < -0.3 is 14.5 Å². The van der Waals surface area contributed by atoms with Crippen LogP contribution in [0, 0.1) is 11.7 Å². The molecule has 1 saturated carbocycles. The van der Waals surface area contributed by atoms with Crippen LogP contribution < -0.4 is 10.1 Å². The number of pyridine rings is 1. The fraction of sp³-hybridized carbons (Fsp3) is 0.346. The molecule has 1 aliphatic rings. The first kappa shape index (κ1) is 21.4. The van der Waals surface area contributed by atoms with Crippen LogP contribution in [0.5, 0.6) is 5.75 Å². The number of hydrogen-bond donors (Lipinski definition) is 1. The molecular formula is C26H27FN4O2. The molecule has 0 saturated heterocycles. The van der Waals surface area contributed by atoms with E-state index in [4.69, 9.17) is 9.15 Å². The Bertz CT molecular complexity index is 1230. The van der Waals surface area contributed by atoms with Gasteiger partial charge in [0.25, 0.3) is 0 Å². The number of aromatic nitrogens is 3. The van der Waals surface area contributed by atoms with Crippen LogP contribution in [0.15, 0.2) is 59.1 Å². The summed E-state index contributed by atoms with van der Waals surface area (Å²) in [5.41, 5.74) is 2.92. The number of anilines is 1. The largest absolute Gasteiger partial charge is 0.497 e. The number of nitrogens with one attached hydrogen (secondary N) is 1. The van der Waals surface area contributed by atoms with Crippen LogP contribution in [0.3, 0.4) is 0 Å². The Hall–Kier alpha value is -3.48. The molecule has 6 nitrogen and oxygen atoms in total. The summed E-state index contributed by atoms with van der Waals surface area (Å²) < 4.78 is 24.9. The second-order valence-electron chi connectivity index (χ2n) is 8.75. The van der Waals surface area contributed by atoms with Crippen molar-refractivity contribution in [3.05, 3.63) is 66.1 Å². The molecule has 1 atom stereocenters. The van der Waals surface area contributed by atoms with Crippen molar-refractivity contribution in [1.82, 2.24) is 15.2 Å². The molecule has 5 rings (SSSR count). The lowest BCUT2D eigenvalue weighted by Gasteiger charge is -2.32. The first-order valence-corrected chi connectivity index (χ1v) is 11.4. The molecular weight excluding hydrogens is 419 g/mol. The summed E-state index contributed by atoms with van der Waals surface area (Å²) in [5.74, 6) is 1.98. The molecule has 2 aromatic carbocycles. The number of hydrogen-bond acceptors (Lipinski definition) is 6. The molecule has 33 heavy (non-hydrogen) atoms. The molecule has 4 aromatic rings. The Kier molecular flexibility index (Phi) is 5.94. The standard InChI is InChI=1S/C26H27FN4O2/c1-16(29-26-31-30-25(33-26)19-7-10-21(32-2)11-8-19)17-3-5-18(6-4-17)22-13-14-28-24-12-9-20(27)15-23(22)24/h7-18H,3-6H2,1-2H3,(H,29,31)/t16-,17-,18+/m1/s1. The monoisotopic (exact) mass is 446 g/mol. The number of rotatable bonds is 6. The van der Waals surface area contributed by atoms with Gasteiger partial charge in [0.1, 0.15) is 11.6 Å². The summed E-state index contributed by atoms with van der Waals surface area (Å²) in [5, 5.41) is 12.7. The molecule has 1 fully saturated rings. The van der Waals surface area contributed by atoms with E-state index in [0.29, 0.717) is 23.7 Å². The summed E-state index contributed by atoms with van der Waals surface area (Å²) in [4.78, 5) is 4.39. The third-order valence-electron chi connectivity index (χ3n) is 6.77. The fourth-order valence-corrected chi connectivity index (χ4v) is 4.87. The molecule has 0 bridgehead atoms. The van der Waals surface area contributed by atoms with E-state index in [1.165, 1.54) is 11.6 Å². The van der Waals surface area contributed by atoms with E-state index in [-0.39, 0.29) is 11.9 Å². The van der Waals surface area contributed by atoms with Crippen LogP contribution in [-0.2, 0) is 0 Å². The van der Waals surface area contributed by atoms with Crippen LogP contribution in [0.4, 0.5) is 10.4 Å². The van der Waals surface area contributed by atoms with Crippen molar-refractivity contribution >= 4 is 16.9 Å². The number of fused-ring (bicyclic) bond motifs is 1. The average Bonchev–Trinajstić information content (AvgIpc) is 3.32. The van der Waals surface area contributed by atoms with Gasteiger partial charge in [-0.25, -0.2) is 4.39 Å². The zero-order chi connectivity index (χ0) is 22.8. The average molecular weight is 447 g/mol. The first-order chi connectivity index (χ1) is 16.1. The van der Waals surface area contributed by atoms with E-state index in [1.807, 2.05) is 36.5 Å². The molecule has 0 aliphatic heterocycles. The van der Waals surface area contributed by atoms with Crippen LogP contribution in [-0.4, -0.2) is 28.3 Å². The van der Waals surface area contributed by atoms with E-state index >= 15 is 0 Å². The first-order valence-electron chi connectivity index (χ1n) is 11.4. The molecule has 0 radical (unpaired) electrons. The highest BCUT2D eigenvalue weighted by Crippen LogP contribution is 2.40. The van der Waals surface area contributed by atoms with Crippen molar-refractivity contribution in [2.75, 3.05) is 12.4 Å².